The smallest absolute Gasteiger partial charge is 0.320 e. The number of urea groups is 1. The Hall–Kier alpha value is -2.12. The lowest BCUT2D eigenvalue weighted by Crippen LogP contribution is -2.63. The molecular weight excluding hydrogens is 370 g/mol. The molecule has 0 aromatic heterocycles. The molecule has 0 bridgehead atoms. The minimum absolute atomic E-state index is 0.0361. The van der Waals surface area contributed by atoms with Gasteiger partial charge in [0.15, 0.2) is 0 Å². The number of rotatable bonds is 2. The molecule has 1 unspecified atom stereocenters. The maximum absolute atomic E-state index is 12.9. The van der Waals surface area contributed by atoms with Gasteiger partial charge in [0.05, 0.1) is 18.8 Å². The van der Waals surface area contributed by atoms with Crippen molar-refractivity contribution in [1.29, 1.82) is 0 Å². The summed E-state index contributed by atoms with van der Waals surface area (Å²) in [5.41, 5.74) is 2.67. The molecule has 7 nitrogen and oxygen atoms in total. The first-order chi connectivity index (χ1) is 14.2. The van der Waals surface area contributed by atoms with Crippen molar-refractivity contribution in [2.75, 3.05) is 46.0 Å². The Labute approximate surface area is 171 Å². The summed E-state index contributed by atoms with van der Waals surface area (Å²) in [7, 11) is 0. The number of piperidine rings is 1. The van der Waals surface area contributed by atoms with Gasteiger partial charge in [0.2, 0.25) is 5.91 Å². The van der Waals surface area contributed by atoms with Gasteiger partial charge in [-0.1, -0.05) is 24.3 Å². The van der Waals surface area contributed by atoms with Gasteiger partial charge >= 0.3 is 6.03 Å². The molecular formula is C22H29N3O4. The summed E-state index contributed by atoms with van der Waals surface area (Å²) in [4.78, 5) is 28.2. The minimum atomic E-state index is -0.0900. The molecule has 0 spiro atoms. The summed E-state index contributed by atoms with van der Waals surface area (Å²) in [6, 6.07) is 8.90. The van der Waals surface area contributed by atoms with Crippen LogP contribution in [-0.4, -0.2) is 79.9 Å². The van der Waals surface area contributed by atoms with E-state index in [0.717, 1.165) is 39.1 Å². The molecule has 156 valence electrons. The average Bonchev–Trinajstić information content (AvgIpc) is 2.73. The SMILES string of the molecule is O=C1CO[C@H]2CCN(C(=O)N3CC(c4ccc(C5CCCOC5)cc4)C3)C[C@H]2N1. The van der Waals surface area contributed by atoms with E-state index in [2.05, 4.69) is 29.6 Å². The number of fused-ring (bicyclic) bond motifs is 1. The summed E-state index contributed by atoms with van der Waals surface area (Å²) >= 11 is 0. The van der Waals surface area contributed by atoms with E-state index in [1.165, 1.54) is 17.5 Å². The van der Waals surface area contributed by atoms with Crippen LogP contribution in [0.25, 0.3) is 0 Å². The standard InChI is InChI=1S/C22H29N3O4/c26-21-14-29-20-7-8-24(12-19(20)23-21)22(27)25-10-18(11-25)16-5-3-15(4-6-16)17-2-1-9-28-13-17/h3-6,17-20H,1-2,7-14H2,(H,23,26)/t17?,19-,20+/m1/s1. The topological polar surface area (TPSA) is 71.1 Å². The summed E-state index contributed by atoms with van der Waals surface area (Å²) in [5, 5.41) is 2.96. The van der Waals surface area contributed by atoms with Crippen molar-refractivity contribution in [3.05, 3.63) is 35.4 Å². The molecule has 4 fully saturated rings. The second-order valence-corrected chi connectivity index (χ2v) is 8.72. The van der Waals surface area contributed by atoms with E-state index < -0.39 is 0 Å². The lowest BCUT2D eigenvalue weighted by Gasteiger charge is -2.46. The number of amides is 3. The van der Waals surface area contributed by atoms with Crippen molar-refractivity contribution in [2.24, 2.45) is 0 Å². The molecule has 29 heavy (non-hydrogen) atoms. The third kappa shape index (κ3) is 3.85. The Kier molecular flexibility index (Phi) is 5.18. The van der Waals surface area contributed by atoms with Crippen molar-refractivity contribution < 1.29 is 19.1 Å². The van der Waals surface area contributed by atoms with Gasteiger partial charge in [0.25, 0.3) is 0 Å². The van der Waals surface area contributed by atoms with E-state index in [9.17, 15) is 9.59 Å². The van der Waals surface area contributed by atoms with E-state index >= 15 is 0 Å². The zero-order chi connectivity index (χ0) is 19.8. The number of hydrogen-bond acceptors (Lipinski definition) is 4. The predicted octanol–water partition coefficient (Wildman–Crippen LogP) is 1.69. The van der Waals surface area contributed by atoms with Gasteiger partial charge in [0, 0.05) is 44.6 Å². The summed E-state index contributed by atoms with van der Waals surface area (Å²) in [6.07, 6.45) is 3.16. The van der Waals surface area contributed by atoms with Crippen LogP contribution in [0, 0.1) is 0 Å². The fourth-order valence-corrected chi connectivity index (χ4v) is 4.96. The van der Waals surface area contributed by atoms with Gasteiger partial charge in [-0.25, -0.2) is 4.79 Å². The van der Waals surface area contributed by atoms with Crippen LogP contribution >= 0.6 is 0 Å². The largest absolute Gasteiger partial charge is 0.381 e. The fourth-order valence-electron chi connectivity index (χ4n) is 4.96. The van der Waals surface area contributed by atoms with Crippen molar-refractivity contribution >= 4 is 11.9 Å². The lowest BCUT2D eigenvalue weighted by molar-refractivity contribution is -0.139. The first kappa shape index (κ1) is 18.9. The molecule has 7 heteroatoms. The maximum Gasteiger partial charge on any atom is 0.320 e. The number of likely N-dealkylation sites (tertiary alicyclic amines) is 2. The monoisotopic (exact) mass is 399 g/mol. The van der Waals surface area contributed by atoms with Gasteiger partial charge in [-0.2, -0.15) is 0 Å². The highest BCUT2D eigenvalue weighted by molar-refractivity contribution is 5.79. The molecule has 0 aliphatic carbocycles. The Bertz CT molecular complexity index is 756. The Morgan fingerprint density at radius 2 is 1.76 bits per heavy atom. The summed E-state index contributed by atoms with van der Waals surface area (Å²) in [5.74, 6) is 0.836. The molecule has 0 saturated carbocycles. The lowest BCUT2D eigenvalue weighted by atomic mass is 9.88. The van der Waals surface area contributed by atoms with E-state index in [0.29, 0.717) is 24.9 Å². The van der Waals surface area contributed by atoms with Gasteiger partial charge < -0.3 is 24.6 Å². The highest BCUT2D eigenvalue weighted by Crippen LogP contribution is 2.31. The molecule has 4 heterocycles. The van der Waals surface area contributed by atoms with Gasteiger partial charge in [-0.05, 0) is 30.4 Å². The quantitative estimate of drug-likeness (QED) is 0.822. The number of hydrogen-bond donors (Lipinski definition) is 1. The molecule has 4 saturated heterocycles. The number of morpholine rings is 1. The summed E-state index contributed by atoms with van der Waals surface area (Å²) in [6.45, 7) is 4.60. The van der Waals surface area contributed by atoms with Gasteiger partial charge in [-0.3, -0.25) is 4.79 Å². The van der Waals surface area contributed by atoms with Crippen LogP contribution in [0.1, 0.15) is 42.2 Å². The molecule has 1 aromatic rings. The molecule has 0 radical (unpaired) electrons. The molecule has 3 amide bonds. The predicted molar refractivity (Wildman–Crippen MR) is 107 cm³/mol. The molecule has 1 aromatic carbocycles. The average molecular weight is 399 g/mol. The van der Waals surface area contributed by atoms with Crippen molar-refractivity contribution in [3.8, 4) is 0 Å². The first-order valence-electron chi connectivity index (χ1n) is 10.8. The number of carbonyl (C=O) groups is 2. The van der Waals surface area contributed by atoms with Crippen molar-refractivity contribution in [2.45, 2.75) is 43.2 Å². The van der Waals surface area contributed by atoms with E-state index in [1.807, 2.05) is 9.80 Å². The number of carbonyl (C=O) groups excluding carboxylic acids is 2. The highest BCUT2D eigenvalue weighted by Gasteiger charge is 2.40. The second kappa shape index (κ2) is 7.95. The third-order valence-corrected chi connectivity index (χ3v) is 6.79. The van der Waals surface area contributed by atoms with Crippen LogP contribution in [0.4, 0.5) is 4.79 Å². The van der Waals surface area contributed by atoms with Gasteiger partial charge in [0.1, 0.15) is 6.61 Å². The molecule has 1 N–H and O–H groups in total. The second-order valence-electron chi connectivity index (χ2n) is 8.72. The van der Waals surface area contributed by atoms with Crippen LogP contribution in [0.2, 0.25) is 0 Å². The Morgan fingerprint density at radius 3 is 2.48 bits per heavy atom. The van der Waals surface area contributed by atoms with Crippen molar-refractivity contribution in [1.82, 2.24) is 15.1 Å². The third-order valence-electron chi connectivity index (χ3n) is 6.79. The van der Waals surface area contributed by atoms with Crippen LogP contribution in [0.5, 0.6) is 0 Å². The van der Waals surface area contributed by atoms with Crippen LogP contribution in [-0.2, 0) is 14.3 Å². The highest BCUT2D eigenvalue weighted by atomic mass is 16.5. The van der Waals surface area contributed by atoms with Crippen LogP contribution in [0.3, 0.4) is 0 Å². The van der Waals surface area contributed by atoms with Crippen LogP contribution in [0.15, 0.2) is 24.3 Å². The number of ether oxygens (including phenoxy) is 2. The molecule has 4 aliphatic heterocycles. The zero-order valence-corrected chi connectivity index (χ0v) is 16.7. The summed E-state index contributed by atoms with van der Waals surface area (Å²) < 4.78 is 11.2. The molecule has 4 aliphatic rings. The molecule has 3 atom stereocenters. The van der Waals surface area contributed by atoms with Crippen molar-refractivity contribution in [3.63, 3.8) is 0 Å². The number of benzene rings is 1. The number of nitrogens with one attached hydrogen (secondary N) is 1. The Morgan fingerprint density at radius 1 is 1.00 bits per heavy atom. The fraction of sp³-hybridized carbons (Fsp3) is 0.636. The minimum Gasteiger partial charge on any atom is -0.381 e. The maximum atomic E-state index is 12.9. The molecule has 5 rings (SSSR count). The van der Waals surface area contributed by atoms with Crippen LogP contribution < -0.4 is 5.32 Å². The Balaban J connectivity index is 1.13. The normalized spacial score (nSPS) is 30.3. The van der Waals surface area contributed by atoms with Gasteiger partial charge in [-0.15, -0.1) is 0 Å². The number of nitrogens with zero attached hydrogens (tertiary/aromatic N) is 2. The van der Waals surface area contributed by atoms with E-state index in [-0.39, 0.29) is 30.7 Å². The first-order valence-corrected chi connectivity index (χ1v) is 10.8. The van der Waals surface area contributed by atoms with E-state index in [1.54, 1.807) is 0 Å². The zero-order valence-electron chi connectivity index (χ0n) is 16.7. The van der Waals surface area contributed by atoms with E-state index in [4.69, 9.17) is 9.47 Å².